The maximum Gasteiger partial charge on any atom is 0.220 e. The molecule has 0 aliphatic carbocycles. The van der Waals surface area contributed by atoms with Crippen LogP contribution in [-0.4, -0.2) is 25.9 Å². The number of hydrogen-bond donors (Lipinski definition) is 1. The number of hydrogen-bond acceptors (Lipinski definition) is 5. The van der Waals surface area contributed by atoms with Crippen LogP contribution in [0.5, 0.6) is 0 Å². The highest BCUT2D eigenvalue weighted by molar-refractivity contribution is 5.75. The van der Waals surface area contributed by atoms with Crippen LogP contribution in [0.3, 0.4) is 0 Å². The molecule has 0 atom stereocenters. The van der Waals surface area contributed by atoms with Gasteiger partial charge in [0.15, 0.2) is 0 Å². The molecule has 0 saturated carbocycles. The molecular weight excluding hydrogens is 342 g/mol. The second kappa shape index (κ2) is 10.3. The Morgan fingerprint density at radius 2 is 2.00 bits per heavy atom. The Kier molecular flexibility index (Phi) is 7.15. The molecule has 0 spiro atoms. The molecular formula is C20H25N5O2. The maximum absolute atomic E-state index is 11.8. The number of pyridine rings is 1. The van der Waals surface area contributed by atoms with Crippen LogP contribution in [0.2, 0.25) is 0 Å². The number of aryl methyl sites for hydroxylation is 1. The molecule has 0 fully saturated rings. The fraction of sp³-hybridized carbons (Fsp3) is 0.400. The van der Waals surface area contributed by atoms with Crippen LogP contribution < -0.4 is 5.32 Å². The average molecular weight is 367 g/mol. The minimum absolute atomic E-state index is 0.0805. The van der Waals surface area contributed by atoms with Gasteiger partial charge < -0.3 is 9.73 Å². The lowest BCUT2D eigenvalue weighted by molar-refractivity contribution is -0.121. The van der Waals surface area contributed by atoms with E-state index in [1.807, 2.05) is 35.1 Å². The Balaban J connectivity index is 1.23. The summed E-state index contributed by atoms with van der Waals surface area (Å²) in [4.78, 5) is 15.9. The Bertz CT molecular complexity index is 799. The zero-order valence-corrected chi connectivity index (χ0v) is 15.4. The van der Waals surface area contributed by atoms with E-state index in [1.54, 1.807) is 18.7 Å². The van der Waals surface area contributed by atoms with E-state index in [4.69, 9.17) is 4.42 Å². The predicted molar refractivity (Wildman–Crippen MR) is 102 cm³/mol. The van der Waals surface area contributed by atoms with Gasteiger partial charge in [0.25, 0.3) is 0 Å². The summed E-state index contributed by atoms with van der Waals surface area (Å²) in [5, 5.41) is 11.2. The van der Waals surface area contributed by atoms with Crippen molar-refractivity contribution in [3.05, 3.63) is 54.9 Å². The van der Waals surface area contributed by atoms with Crippen molar-refractivity contribution in [2.75, 3.05) is 0 Å². The van der Waals surface area contributed by atoms with Gasteiger partial charge >= 0.3 is 0 Å². The van der Waals surface area contributed by atoms with Gasteiger partial charge in [0, 0.05) is 30.9 Å². The fourth-order valence-electron chi connectivity index (χ4n) is 2.83. The van der Waals surface area contributed by atoms with E-state index < -0.39 is 0 Å². The van der Waals surface area contributed by atoms with Crippen LogP contribution in [0.25, 0.3) is 11.3 Å². The third-order valence-electron chi connectivity index (χ3n) is 4.33. The summed E-state index contributed by atoms with van der Waals surface area (Å²) in [6, 6.07) is 7.55. The Hall–Kier alpha value is -2.96. The number of unbranched alkanes of at least 4 members (excludes halogenated alkanes) is 4. The van der Waals surface area contributed by atoms with Crippen LogP contribution in [-0.2, 0) is 17.9 Å². The molecule has 1 N–H and O–H groups in total. The summed E-state index contributed by atoms with van der Waals surface area (Å²) in [6.45, 7) is 1.32. The molecule has 1 amide bonds. The smallest absolute Gasteiger partial charge is 0.220 e. The molecule has 3 rings (SSSR count). The second-order valence-electron chi connectivity index (χ2n) is 6.48. The minimum Gasteiger partial charge on any atom is -0.467 e. The van der Waals surface area contributed by atoms with Gasteiger partial charge in [-0.1, -0.05) is 24.5 Å². The number of nitrogens with one attached hydrogen (secondary N) is 1. The molecule has 0 radical (unpaired) electrons. The second-order valence-corrected chi connectivity index (χ2v) is 6.48. The van der Waals surface area contributed by atoms with Gasteiger partial charge in [-0.3, -0.25) is 14.5 Å². The van der Waals surface area contributed by atoms with Gasteiger partial charge in [-0.15, -0.1) is 5.10 Å². The van der Waals surface area contributed by atoms with Gasteiger partial charge in [0.2, 0.25) is 5.91 Å². The van der Waals surface area contributed by atoms with Crippen molar-refractivity contribution < 1.29 is 9.21 Å². The number of nitrogens with zero attached hydrogens (tertiary/aromatic N) is 4. The first-order chi connectivity index (χ1) is 13.3. The van der Waals surface area contributed by atoms with E-state index in [-0.39, 0.29) is 5.91 Å². The van der Waals surface area contributed by atoms with Gasteiger partial charge in [0.05, 0.1) is 19.0 Å². The summed E-state index contributed by atoms with van der Waals surface area (Å²) in [7, 11) is 0. The predicted octanol–water partition coefficient (Wildman–Crippen LogP) is 3.59. The molecule has 7 nitrogen and oxygen atoms in total. The topological polar surface area (TPSA) is 85.8 Å². The number of aromatic nitrogens is 4. The molecule has 142 valence electrons. The lowest BCUT2D eigenvalue weighted by Crippen LogP contribution is -2.21. The first-order valence-electron chi connectivity index (χ1n) is 9.41. The molecule has 0 unspecified atom stereocenters. The average Bonchev–Trinajstić information content (AvgIpc) is 3.38. The van der Waals surface area contributed by atoms with Gasteiger partial charge in [-0.25, -0.2) is 0 Å². The largest absolute Gasteiger partial charge is 0.467 e. The van der Waals surface area contributed by atoms with Gasteiger partial charge in [0.1, 0.15) is 11.5 Å². The first kappa shape index (κ1) is 18.8. The van der Waals surface area contributed by atoms with Crippen LogP contribution in [0, 0.1) is 0 Å². The van der Waals surface area contributed by atoms with Crippen molar-refractivity contribution in [1.29, 1.82) is 0 Å². The number of carbonyl (C=O) groups excluding carboxylic acids is 1. The highest BCUT2D eigenvalue weighted by Crippen LogP contribution is 2.14. The van der Waals surface area contributed by atoms with E-state index >= 15 is 0 Å². The highest BCUT2D eigenvalue weighted by Gasteiger charge is 2.04. The van der Waals surface area contributed by atoms with E-state index in [9.17, 15) is 4.79 Å². The van der Waals surface area contributed by atoms with Crippen LogP contribution in [0.4, 0.5) is 0 Å². The van der Waals surface area contributed by atoms with E-state index in [0.717, 1.165) is 55.7 Å². The molecule has 7 heteroatoms. The van der Waals surface area contributed by atoms with Crippen LogP contribution >= 0.6 is 0 Å². The van der Waals surface area contributed by atoms with E-state index in [1.165, 1.54) is 0 Å². The summed E-state index contributed by atoms with van der Waals surface area (Å²) >= 11 is 0. The van der Waals surface area contributed by atoms with Crippen LogP contribution in [0.1, 0.15) is 44.3 Å². The quantitative estimate of drug-likeness (QED) is 0.523. The summed E-state index contributed by atoms with van der Waals surface area (Å²) < 4.78 is 7.07. The number of amides is 1. The summed E-state index contributed by atoms with van der Waals surface area (Å²) in [5.41, 5.74) is 1.83. The lowest BCUT2D eigenvalue weighted by Gasteiger charge is -2.04. The molecule has 27 heavy (non-hydrogen) atoms. The van der Waals surface area contributed by atoms with E-state index in [2.05, 4.69) is 20.6 Å². The van der Waals surface area contributed by atoms with Crippen molar-refractivity contribution in [3.63, 3.8) is 0 Å². The Morgan fingerprint density at radius 1 is 1.11 bits per heavy atom. The zero-order valence-electron chi connectivity index (χ0n) is 15.4. The molecule has 0 saturated heterocycles. The maximum atomic E-state index is 11.8. The van der Waals surface area contributed by atoms with Crippen molar-refractivity contribution in [1.82, 2.24) is 25.3 Å². The molecule has 0 aromatic carbocycles. The first-order valence-corrected chi connectivity index (χ1v) is 9.41. The van der Waals surface area contributed by atoms with Crippen LogP contribution in [0.15, 0.2) is 53.5 Å². The SMILES string of the molecule is O=C(CCCCCCCn1cc(-c2cccnc2)nn1)NCc1ccco1. The number of carbonyl (C=O) groups is 1. The monoisotopic (exact) mass is 367 g/mol. The third kappa shape index (κ3) is 6.36. The lowest BCUT2D eigenvalue weighted by atomic mass is 10.1. The molecule has 0 bridgehead atoms. The van der Waals surface area contributed by atoms with Crippen molar-refractivity contribution in [3.8, 4) is 11.3 Å². The molecule has 0 aliphatic rings. The van der Waals surface area contributed by atoms with Crippen molar-refractivity contribution in [2.24, 2.45) is 0 Å². The number of furan rings is 1. The molecule has 3 aromatic rings. The van der Waals surface area contributed by atoms with Crippen molar-refractivity contribution >= 4 is 5.91 Å². The Morgan fingerprint density at radius 3 is 2.81 bits per heavy atom. The van der Waals surface area contributed by atoms with Gasteiger partial charge in [-0.05, 0) is 37.1 Å². The highest BCUT2D eigenvalue weighted by atomic mass is 16.3. The van der Waals surface area contributed by atoms with E-state index in [0.29, 0.717) is 13.0 Å². The van der Waals surface area contributed by atoms with Crippen molar-refractivity contribution in [2.45, 2.75) is 51.6 Å². The third-order valence-corrected chi connectivity index (χ3v) is 4.33. The number of rotatable bonds is 11. The standard InChI is InChI=1S/C20H25N5O2/c26-20(22-15-18-9-7-13-27-18)10-4-2-1-3-5-12-25-16-19(23-24-25)17-8-6-11-21-14-17/h6-9,11,13-14,16H,1-5,10,12,15H2,(H,22,26). The van der Waals surface area contributed by atoms with Gasteiger partial charge in [-0.2, -0.15) is 0 Å². The normalized spacial score (nSPS) is 10.8. The zero-order chi connectivity index (χ0) is 18.7. The molecule has 0 aliphatic heterocycles. The summed E-state index contributed by atoms with van der Waals surface area (Å²) in [5.74, 6) is 0.861. The Labute approximate surface area is 158 Å². The summed E-state index contributed by atoms with van der Waals surface area (Å²) in [6.07, 6.45) is 13.0. The fourth-order valence-corrected chi connectivity index (χ4v) is 2.83. The molecule has 3 aromatic heterocycles. The molecule has 3 heterocycles. The minimum atomic E-state index is 0.0805.